The van der Waals surface area contributed by atoms with E-state index in [9.17, 15) is 4.79 Å². The predicted octanol–water partition coefficient (Wildman–Crippen LogP) is 3.22. The number of rotatable bonds is 5. The van der Waals surface area contributed by atoms with E-state index < -0.39 is 0 Å². The maximum absolute atomic E-state index is 12.5. The Labute approximate surface area is 156 Å². The van der Waals surface area contributed by atoms with E-state index in [-0.39, 0.29) is 11.9 Å². The first-order valence-electron chi connectivity index (χ1n) is 8.38. The van der Waals surface area contributed by atoms with E-state index in [1.54, 1.807) is 0 Å². The van der Waals surface area contributed by atoms with Gasteiger partial charge in [0.1, 0.15) is 6.04 Å². The van der Waals surface area contributed by atoms with Gasteiger partial charge in [-0.15, -0.1) is 0 Å². The van der Waals surface area contributed by atoms with Gasteiger partial charge in [0.2, 0.25) is 0 Å². The molecule has 0 saturated carbocycles. The lowest BCUT2D eigenvalue weighted by atomic mass is 9.98. The zero-order chi connectivity index (χ0) is 17.8. The Morgan fingerprint density at radius 2 is 1.68 bits per heavy atom. The van der Waals surface area contributed by atoms with Crippen molar-refractivity contribution in [3.05, 3.63) is 82.3 Å². The fourth-order valence-corrected chi connectivity index (χ4v) is 3.58. The van der Waals surface area contributed by atoms with Crippen molar-refractivity contribution in [2.75, 3.05) is 20.6 Å². The Bertz CT molecular complexity index is 886. The van der Waals surface area contributed by atoms with Gasteiger partial charge in [0.25, 0.3) is 5.91 Å². The molecule has 0 aliphatic rings. The molecule has 2 N–H and O–H groups in total. The summed E-state index contributed by atoms with van der Waals surface area (Å²) in [5.74, 6) is -0.0565. The molecule has 0 aliphatic carbocycles. The van der Waals surface area contributed by atoms with Gasteiger partial charge in [0, 0.05) is 10.0 Å². The van der Waals surface area contributed by atoms with Gasteiger partial charge in [0.05, 0.1) is 26.2 Å². The molecule has 0 bridgehead atoms. The van der Waals surface area contributed by atoms with E-state index in [4.69, 9.17) is 0 Å². The first-order chi connectivity index (χ1) is 12.1. The number of carbonyl (C=O) groups excluding carboxylic acids is 1. The van der Waals surface area contributed by atoms with Crippen molar-refractivity contribution in [2.45, 2.75) is 6.04 Å². The third-order valence-corrected chi connectivity index (χ3v) is 5.17. The van der Waals surface area contributed by atoms with Crippen molar-refractivity contribution < 1.29 is 9.69 Å². The normalized spacial score (nSPS) is 12.3. The van der Waals surface area contributed by atoms with Crippen LogP contribution in [-0.2, 0) is 0 Å². The van der Waals surface area contributed by atoms with Crippen LogP contribution in [0.5, 0.6) is 0 Å². The molecule has 1 atom stereocenters. The molecule has 3 rings (SSSR count). The summed E-state index contributed by atoms with van der Waals surface area (Å²) >= 11 is 3.44. The Hall–Kier alpha value is -2.17. The fourth-order valence-electron chi connectivity index (χ4n) is 3.11. The summed E-state index contributed by atoms with van der Waals surface area (Å²) in [6.45, 7) is 0.580. The van der Waals surface area contributed by atoms with E-state index in [2.05, 4.69) is 77.8 Å². The molecule has 0 unspecified atom stereocenters. The Morgan fingerprint density at radius 3 is 2.44 bits per heavy atom. The Balaban J connectivity index is 1.85. The third-order valence-electron chi connectivity index (χ3n) is 4.48. The van der Waals surface area contributed by atoms with Crippen LogP contribution in [0.4, 0.5) is 0 Å². The monoisotopic (exact) mass is 397 g/mol. The summed E-state index contributed by atoms with van der Waals surface area (Å²) in [4.78, 5) is 13.8. The molecule has 0 heterocycles. The van der Waals surface area contributed by atoms with Gasteiger partial charge in [-0.05, 0) is 38.8 Å². The van der Waals surface area contributed by atoms with E-state index >= 15 is 0 Å². The number of nitrogens with one attached hydrogen (secondary N) is 2. The van der Waals surface area contributed by atoms with Crippen LogP contribution in [0.15, 0.2) is 71.2 Å². The van der Waals surface area contributed by atoms with Gasteiger partial charge >= 0.3 is 0 Å². The van der Waals surface area contributed by atoms with Crippen molar-refractivity contribution >= 4 is 32.6 Å². The van der Waals surface area contributed by atoms with E-state index in [0.717, 1.165) is 4.47 Å². The Kier molecular flexibility index (Phi) is 5.51. The number of halogens is 1. The van der Waals surface area contributed by atoms with Crippen molar-refractivity contribution in [3.63, 3.8) is 0 Å². The second-order valence-electron chi connectivity index (χ2n) is 6.39. The van der Waals surface area contributed by atoms with Crippen molar-refractivity contribution in [3.8, 4) is 0 Å². The van der Waals surface area contributed by atoms with Crippen LogP contribution < -0.4 is 10.2 Å². The molecule has 0 aromatic heterocycles. The molecule has 0 radical (unpaired) electrons. The topological polar surface area (TPSA) is 33.5 Å². The first kappa shape index (κ1) is 17.6. The van der Waals surface area contributed by atoms with Gasteiger partial charge in [0.15, 0.2) is 0 Å². The summed E-state index contributed by atoms with van der Waals surface area (Å²) in [5, 5.41) is 5.56. The van der Waals surface area contributed by atoms with E-state index in [1.165, 1.54) is 21.2 Å². The molecule has 3 aromatic carbocycles. The van der Waals surface area contributed by atoms with Crippen molar-refractivity contribution in [2.24, 2.45) is 0 Å². The molecule has 0 aliphatic heterocycles. The summed E-state index contributed by atoms with van der Waals surface area (Å²) in [7, 11) is 4.24. The molecule has 0 saturated heterocycles. The molecule has 4 heteroatoms. The zero-order valence-corrected chi connectivity index (χ0v) is 16.0. The number of amides is 1. The zero-order valence-electron chi connectivity index (χ0n) is 14.4. The number of fused-ring (bicyclic) bond motifs is 1. The van der Waals surface area contributed by atoms with Crippen LogP contribution in [0.25, 0.3) is 10.8 Å². The highest BCUT2D eigenvalue weighted by Gasteiger charge is 2.21. The lowest BCUT2D eigenvalue weighted by Crippen LogP contribution is -3.07. The van der Waals surface area contributed by atoms with E-state index in [0.29, 0.717) is 12.1 Å². The number of hydrogen-bond acceptors (Lipinski definition) is 1. The van der Waals surface area contributed by atoms with Crippen LogP contribution >= 0.6 is 15.9 Å². The van der Waals surface area contributed by atoms with Crippen LogP contribution in [0.2, 0.25) is 0 Å². The summed E-state index contributed by atoms with van der Waals surface area (Å²) < 4.78 is 0.811. The largest absolute Gasteiger partial charge is 0.346 e. The summed E-state index contributed by atoms with van der Waals surface area (Å²) in [6.07, 6.45) is 0. The molecule has 3 aromatic rings. The maximum atomic E-state index is 12.5. The third kappa shape index (κ3) is 3.91. The lowest BCUT2D eigenvalue weighted by molar-refractivity contribution is -0.890. The van der Waals surface area contributed by atoms with Gasteiger partial charge < -0.3 is 10.2 Å². The van der Waals surface area contributed by atoms with E-state index in [1.807, 2.05) is 24.3 Å². The minimum Gasteiger partial charge on any atom is -0.346 e. The quantitative estimate of drug-likeness (QED) is 0.680. The van der Waals surface area contributed by atoms with Crippen LogP contribution in [0, 0.1) is 0 Å². The number of benzene rings is 3. The number of quaternary nitrogens is 1. The average Bonchev–Trinajstić information content (AvgIpc) is 2.62. The highest BCUT2D eigenvalue weighted by atomic mass is 79.9. The number of likely N-dealkylation sites (N-methyl/N-ethyl adjacent to an activating group) is 1. The minimum atomic E-state index is -0.0565. The van der Waals surface area contributed by atoms with Gasteiger partial charge in [-0.1, -0.05) is 54.6 Å². The van der Waals surface area contributed by atoms with Gasteiger partial charge in [-0.2, -0.15) is 0 Å². The lowest BCUT2D eigenvalue weighted by Gasteiger charge is -2.23. The van der Waals surface area contributed by atoms with Gasteiger partial charge in [-0.25, -0.2) is 0 Å². The average molecular weight is 398 g/mol. The fraction of sp³-hybridized carbons (Fsp3) is 0.190. The molecule has 0 fully saturated rings. The summed E-state index contributed by atoms with van der Waals surface area (Å²) in [6, 6.07) is 22.4. The standard InChI is InChI=1S/C21H21BrN2O/c1-24(2)20(14-23-21(25)18-11-5-6-13-19(18)22)17-12-7-9-15-8-3-4-10-16(15)17/h3-13,20H,14H2,1-2H3,(H,23,25)/p+1/t20-/m0/s1. The predicted molar refractivity (Wildman–Crippen MR) is 106 cm³/mol. The SMILES string of the molecule is C[NH+](C)[C@@H](CNC(=O)c1ccccc1Br)c1cccc2ccccc12. The molecule has 25 heavy (non-hydrogen) atoms. The molecule has 128 valence electrons. The summed E-state index contributed by atoms with van der Waals surface area (Å²) in [5.41, 5.74) is 1.92. The first-order valence-corrected chi connectivity index (χ1v) is 9.17. The molecule has 0 spiro atoms. The molecule has 3 nitrogen and oxygen atoms in total. The van der Waals surface area contributed by atoms with Crippen LogP contribution in [-0.4, -0.2) is 26.5 Å². The Morgan fingerprint density at radius 1 is 1.00 bits per heavy atom. The van der Waals surface area contributed by atoms with Crippen molar-refractivity contribution in [1.82, 2.24) is 5.32 Å². The van der Waals surface area contributed by atoms with Crippen LogP contribution in [0.1, 0.15) is 22.0 Å². The highest BCUT2D eigenvalue weighted by Crippen LogP contribution is 2.23. The number of carbonyl (C=O) groups is 1. The molecule has 1 amide bonds. The van der Waals surface area contributed by atoms with Crippen LogP contribution in [0.3, 0.4) is 0 Å². The smallest absolute Gasteiger partial charge is 0.252 e. The highest BCUT2D eigenvalue weighted by molar-refractivity contribution is 9.10. The maximum Gasteiger partial charge on any atom is 0.252 e. The molecular formula is C21H22BrN2O+. The number of hydrogen-bond donors (Lipinski definition) is 2. The second kappa shape index (κ2) is 7.81. The van der Waals surface area contributed by atoms with Crippen molar-refractivity contribution in [1.29, 1.82) is 0 Å². The van der Waals surface area contributed by atoms with Gasteiger partial charge in [-0.3, -0.25) is 4.79 Å². The molecular weight excluding hydrogens is 376 g/mol. The minimum absolute atomic E-state index is 0.0565. The second-order valence-corrected chi connectivity index (χ2v) is 7.24.